The van der Waals surface area contributed by atoms with Gasteiger partial charge in [-0.25, -0.2) is 0 Å². The maximum absolute atomic E-state index is 12.0. The molecule has 1 atom stereocenters. The molecule has 1 unspecified atom stereocenters. The van der Waals surface area contributed by atoms with Crippen LogP contribution in [-0.4, -0.2) is 37.5 Å². The highest BCUT2D eigenvalue weighted by Gasteiger charge is 2.20. The first-order valence-corrected chi connectivity index (χ1v) is 5.43. The van der Waals surface area contributed by atoms with Crippen LogP contribution in [0.5, 0.6) is 0 Å². The molecule has 0 aliphatic rings. The molecule has 4 heteroatoms. The van der Waals surface area contributed by atoms with E-state index in [1.54, 1.807) is 7.05 Å². The number of carbonyl (C=O) groups excluding carboxylic acids is 2. The van der Waals surface area contributed by atoms with Gasteiger partial charge in [0.2, 0.25) is 5.91 Å². The lowest BCUT2D eigenvalue weighted by Gasteiger charge is -2.20. The van der Waals surface area contributed by atoms with Crippen molar-refractivity contribution >= 4 is 11.9 Å². The van der Waals surface area contributed by atoms with Crippen LogP contribution in [-0.2, 0) is 14.3 Å². The summed E-state index contributed by atoms with van der Waals surface area (Å²) in [6.45, 7) is 1.80. The monoisotopic (exact) mass is 235 g/mol. The molecule has 0 fully saturated rings. The molecule has 0 aromatic heterocycles. The molecule has 4 nitrogen and oxygen atoms in total. The van der Waals surface area contributed by atoms with E-state index in [4.69, 9.17) is 0 Å². The minimum atomic E-state index is -0.416. The molecule has 0 aliphatic heterocycles. The lowest BCUT2D eigenvalue weighted by atomic mass is 10.00. The number of amides is 1. The van der Waals surface area contributed by atoms with Gasteiger partial charge in [-0.15, -0.1) is 0 Å². The Labute approximate surface area is 101 Å². The third kappa shape index (κ3) is 3.59. The first kappa shape index (κ1) is 13.2. The molecular weight excluding hydrogens is 218 g/mol. The highest BCUT2D eigenvalue weighted by atomic mass is 16.5. The van der Waals surface area contributed by atoms with Crippen LogP contribution in [0.25, 0.3) is 0 Å². The van der Waals surface area contributed by atoms with E-state index < -0.39 is 5.97 Å². The molecule has 1 rings (SSSR count). The predicted molar refractivity (Wildman–Crippen MR) is 64.5 cm³/mol. The van der Waals surface area contributed by atoms with Gasteiger partial charge < -0.3 is 9.64 Å². The van der Waals surface area contributed by atoms with Crippen molar-refractivity contribution in [1.82, 2.24) is 4.90 Å². The third-order valence-corrected chi connectivity index (χ3v) is 2.64. The van der Waals surface area contributed by atoms with Gasteiger partial charge in [-0.05, 0) is 12.5 Å². The molecule has 0 N–H and O–H groups in total. The Kier molecular flexibility index (Phi) is 4.69. The average molecular weight is 235 g/mol. The lowest BCUT2D eigenvalue weighted by Crippen LogP contribution is -2.35. The van der Waals surface area contributed by atoms with E-state index in [1.807, 2.05) is 37.3 Å². The zero-order valence-corrected chi connectivity index (χ0v) is 10.3. The number of carbonyl (C=O) groups is 2. The fraction of sp³-hybridized carbons (Fsp3) is 0.385. The summed E-state index contributed by atoms with van der Waals surface area (Å²) in [6.07, 6.45) is 0. The molecule has 1 amide bonds. The van der Waals surface area contributed by atoms with Gasteiger partial charge in [0.15, 0.2) is 0 Å². The van der Waals surface area contributed by atoms with E-state index >= 15 is 0 Å². The second-order valence-electron chi connectivity index (χ2n) is 3.90. The summed E-state index contributed by atoms with van der Waals surface area (Å²) in [5.74, 6) is -0.770. The summed E-state index contributed by atoms with van der Waals surface area (Å²) >= 11 is 0. The molecule has 0 radical (unpaired) electrons. The summed E-state index contributed by atoms with van der Waals surface area (Å²) in [5, 5.41) is 0. The van der Waals surface area contributed by atoms with Crippen molar-refractivity contribution in [3.8, 4) is 0 Å². The number of likely N-dealkylation sites (N-methyl/N-ethyl adjacent to an activating group) is 1. The van der Waals surface area contributed by atoms with Crippen molar-refractivity contribution in [1.29, 1.82) is 0 Å². The number of benzene rings is 1. The van der Waals surface area contributed by atoms with Crippen LogP contribution >= 0.6 is 0 Å². The molecule has 0 heterocycles. The van der Waals surface area contributed by atoms with Gasteiger partial charge in [0.05, 0.1) is 13.0 Å². The second-order valence-corrected chi connectivity index (χ2v) is 3.90. The molecule has 0 saturated carbocycles. The van der Waals surface area contributed by atoms with Crippen LogP contribution in [0.1, 0.15) is 18.4 Å². The van der Waals surface area contributed by atoms with E-state index in [-0.39, 0.29) is 18.4 Å². The molecule has 1 aromatic carbocycles. The van der Waals surface area contributed by atoms with Crippen LogP contribution < -0.4 is 0 Å². The quantitative estimate of drug-likeness (QED) is 0.741. The minimum Gasteiger partial charge on any atom is -0.468 e. The van der Waals surface area contributed by atoms with Crippen LogP contribution in [0.3, 0.4) is 0 Å². The van der Waals surface area contributed by atoms with Crippen molar-refractivity contribution in [2.24, 2.45) is 0 Å². The largest absolute Gasteiger partial charge is 0.468 e. The normalized spacial score (nSPS) is 11.7. The van der Waals surface area contributed by atoms with E-state index in [1.165, 1.54) is 12.0 Å². The average Bonchev–Trinajstić information content (AvgIpc) is 2.37. The molecule has 92 valence electrons. The first-order valence-electron chi connectivity index (χ1n) is 5.43. The van der Waals surface area contributed by atoms with Gasteiger partial charge in [0.1, 0.15) is 6.54 Å². The van der Waals surface area contributed by atoms with Crippen molar-refractivity contribution in [3.63, 3.8) is 0 Å². The fourth-order valence-electron chi connectivity index (χ4n) is 1.55. The Balaban J connectivity index is 2.67. The van der Waals surface area contributed by atoms with Crippen LogP contribution in [0.15, 0.2) is 30.3 Å². The number of methoxy groups -OCH3 is 1. The molecule has 0 saturated heterocycles. The van der Waals surface area contributed by atoms with Gasteiger partial charge in [0.25, 0.3) is 0 Å². The Morgan fingerprint density at radius 3 is 2.41 bits per heavy atom. The highest BCUT2D eigenvalue weighted by molar-refractivity contribution is 5.86. The SMILES string of the molecule is COC(=O)CN(C)C(=O)C(C)c1ccccc1. The lowest BCUT2D eigenvalue weighted by molar-refractivity contribution is -0.146. The van der Waals surface area contributed by atoms with E-state index in [9.17, 15) is 9.59 Å². The maximum atomic E-state index is 12.0. The van der Waals surface area contributed by atoms with Crippen LogP contribution in [0, 0.1) is 0 Å². The number of ether oxygens (including phenoxy) is 1. The summed E-state index contributed by atoms with van der Waals surface area (Å²) in [6, 6.07) is 9.47. The molecule has 0 spiro atoms. The fourth-order valence-corrected chi connectivity index (χ4v) is 1.55. The minimum absolute atomic E-state index is 0.0213. The van der Waals surface area contributed by atoms with E-state index in [2.05, 4.69) is 4.74 Å². The third-order valence-electron chi connectivity index (χ3n) is 2.64. The Hall–Kier alpha value is -1.84. The van der Waals surface area contributed by atoms with E-state index in [0.717, 1.165) is 5.56 Å². The topological polar surface area (TPSA) is 46.6 Å². The Morgan fingerprint density at radius 1 is 1.29 bits per heavy atom. The summed E-state index contributed by atoms with van der Waals surface area (Å²) in [5.41, 5.74) is 0.939. The molecule has 0 aliphatic carbocycles. The van der Waals surface area contributed by atoms with Crippen molar-refractivity contribution in [3.05, 3.63) is 35.9 Å². The van der Waals surface area contributed by atoms with Crippen LogP contribution in [0.4, 0.5) is 0 Å². The van der Waals surface area contributed by atoms with Gasteiger partial charge in [0, 0.05) is 7.05 Å². The molecule has 17 heavy (non-hydrogen) atoms. The number of esters is 1. The summed E-state index contributed by atoms with van der Waals surface area (Å²) in [4.78, 5) is 24.5. The number of hydrogen-bond donors (Lipinski definition) is 0. The van der Waals surface area contributed by atoms with Gasteiger partial charge in [-0.2, -0.15) is 0 Å². The highest BCUT2D eigenvalue weighted by Crippen LogP contribution is 2.16. The van der Waals surface area contributed by atoms with Crippen molar-refractivity contribution in [2.45, 2.75) is 12.8 Å². The summed E-state index contributed by atoms with van der Waals surface area (Å²) in [7, 11) is 2.90. The van der Waals surface area contributed by atoms with Gasteiger partial charge in [-0.3, -0.25) is 9.59 Å². The first-order chi connectivity index (χ1) is 8.06. The van der Waals surface area contributed by atoms with E-state index in [0.29, 0.717) is 0 Å². The second kappa shape index (κ2) is 6.03. The van der Waals surface area contributed by atoms with Gasteiger partial charge >= 0.3 is 5.97 Å². The predicted octanol–water partition coefficient (Wildman–Crippen LogP) is 1.42. The summed E-state index contributed by atoms with van der Waals surface area (Å²) < 4.78 is 4.52. The van der Waals surface area contributed by atoms with Crippen molar-refractivity contribution in [2.75, 3.05) is 20.7 Å². The number of nitrogens with zero attached hydrogens (tertiary/aromatic N) is 1. The number of hydrogen-bond acceptors (Lipinski definition) is 3. The molecule has 1 aromatic rings. The molecular formula is C13H17NO3. The standard InChI is InChI=1S/C13H17NO3/c1-10(11-7-5-4-6-8-11)13(16)14(2)9-12(15)17-3/h4-8,10H,9H2,1-3H3. The smallest absolute Gasteiger partial charge is 0.325 e. The maximum Gasteiger partial charge on any atom is 0.325 e. The molecule has 0 bridgehead atoms. The zero-order chi connectivity index (χ0) is 12.8. The zero-order valence-electron chi connectivity index (χ0n) is 10.3. The van der Waals surface area contributed by atoms with Gasteiger partial charge in [-0.1, -0.05) is 30.3 Å². The van der Waals surface area contributed by atoms with Crippen molar-refractivity contribution < 1.29 is 14.3 Å². The number of rotatable bonds is 4. The van der Waals surface area contributed by atoms with Crippen LogP contribution in [0.2, 0.25) is 0 Å². The Morgan fingerprint density at radius 2 is 1.88 bits per heavy atom. The Bertz CT molecular complexity index is 389.